The minimum Gasteiger partial charge on any atom is -0.428 e. The predicted molar refractivity (Wildman–Crippen MR) is 96.2 cm³/mol. The molecule has 3 rings (SSSR count). The number of rotatable bonds is 3. The molecule has 0 aliphatic rings. The van der Waals surface area contributed by atoms with E-state index in [1.165, 1.54) is 0 Å². The lowest BCUT2D eigenvalue weighted by Crippen LogP contribution is -2.11. The Morgan fingerprint density at radius 2 is 1.57 bits per heavy atom. The summed E-state index contributed by atoms with van der Waals surface area (Å²) in [6.07, 6.45) is -1.32. The molecule has 0 radical (unpaired) electrons. The van der Waals surface area contributed by atoms with Crippen molar-refractivity contribution in [2.75, 3.05) is 0 Å². The highest BCUT2D eigenvalue weighted by Gasteiger charge is 2.16. The predicted octanol–water partition coefficient (Wildman–Crippen LogP) is 5.21. The molecule has 0 aromatic heterocycles. The molecule has 23 heavy (non-hydrogen) atoms. The number of ether oxygens (including phenoxy) is 1. The van der Waals surface area contributed by atoms with Crippen molar-refractivity contribution in [3.8, 4) is 0 Å². The van der Waals surface area contributed by atoms with Gasteiger partial charge in [-0.1, -0.05) is 62.2 Å². The molecule has 0 aliphatic heterocycles. The second-order valence-electron chi connectivity index (χ2n) is 4.96. The van der Waals surface area contributed by atoms with Crippen molar-refractivity contribution < 1.29 is 14.6 Å². The van der Waals surface area contributed by atoms with Crippen LogP contribution in [0.5, 0.6) is 0 Å². The summed E-state index contributed by atoms with van der Waals surface area (Å²) in [5, 5.41) is 12.1. The number of hydrogen-bond donors (Lipinski definition) is 1. The number of halogens is 2. The molecule has 1 unspecified atom stereocenters. The number of aliphatic hydroxyl groups is 1. The van der Waals surface area contributed by atoms with E-state index < -0.39 is 12.3 Å². The third-order valence-corrected chi connectivity index (χ3v) is 4.83. The van der Waals surface area contributed by atoms with Crippen molar-refractivity contribution in [1.82, 2.24) is 0 Å². The van der Waals surface area contributed by atoms with Crippen LogP contribution in [0.15, 0.2) is 69.6 Å². The zero-order chi connectivity index (χ0) is 16.4. The molecule has 0 bridgehead atoms. The fraction of sp³-hybridized carbons (Fsp3) is 0.0556. The van der Waals surface area contributed by atoms with Gasteiger partial charge in [-0.2, -0.15) is 0 Å². The van der Waals surface area contributed by atoms with Crippen LogP contribution in [-0.2, 0) is 4.74 Å². The third kappa shape index (κ3) is 3.47. The zero-order valence-corrected chi connectivity index (χ0v) is 15.0. The Morgan fingerprint density at radius 1 is 0.913 bits per heavy atom. The van der Waals surface area contributed by atoms with Gasteiger partial charge in [0.05, 0.1) is 5.56 Å². The van der Waals surface area contributed by atoms with Crippen LogP contribution < -0.4 is 0 Å². The van der Waals surface area contributed by atoms with Crippen LogP contribution in [0.4, 0.5) is 0 Å². The molecule has 0 saturated heterocycles. The molecule has 1 N–H and O–H groups in total. The average molecular weight is 436 g/mol. The standard InChI is InChI=1S/C18H12Br2O3/c19-15-8-9-16(20)14-10-12(6-7-13(14)15)18(22)23-17(21)11-4-2-1-3-5-11/h1-10,18,22H. The quantitative estimate of drug-likeness (QED) is 0.453. The normalized spacial score (nSPS) is 12.1. The van der Waals surface area contributed by atoms with Gasteiger partial charge in [0.2, 0.25) is 6.29 Å². The van der Waals surface area contributed by atoms with E-state index in [4.69, 9.17) is 4.74 Å². The zero-order valence-electron chi connectivity index (χ0n) is 11.9. The lowest BCUT2D eigenvalue weighted by molar-refractivity contribution is -0.0671. The van der Waals surface area contributed by atoms with Crippen LogP contribution in [0.3, 0.4) is 0 Å². The SMILES string of the molecule is O=C(OC(O)c1ccc2c(Br)ccc(Br)c2c1)c1ccccc1. The lowest BCUT2D eigenvalue weighted by atomic mass is 10.1. The van der Waals surface area contributed by atoms with Crippen LogP contribution >= 0.6 is 31.9 Å². The maximum atomic E-state index is 12.0. The van der Waals surface area contributed by atoms with Crippen molar-refractivity contribution in [3.05, 3.63) is 80.7 Å². The number of benzene rings is 3. The van der Waals surface area contributed by atoms with Crippen molar-refractivity contribution in [3.63, 3.8) is 0 Å². The maximum Gasteiger partial charge on any atom is 0.340 e. The molecule has 5 heteroatoms. The van der Waals surface area contributed by atoms with E-state index in [1.54, 1.807) is 36.4 Å². The van der Waals surface area contributed by atoms with Crippen LogP contribution in [0, 0.1) is 0 Å². The minimum absolute atomic E-state index is 0.399. The second kappa shape index (κ2) is 6.83. The van der Waals surface area contributed by atoms with Gasteiger partial charge < -0.3 is 9.84 Å². The first kappa shape index (κ1) is 16.2. The molecule has 3 aromatic carbocycles. The molecule has 3 aromatic rings. The Morgan fingerprint density at radius 3 is 2.26 bits per heavy atom. The molecule has 0 amide bonds. The highest BCUT2D eigenvalue weighted by atomic mass is 79.9. The first-order valence-electron chi connectivity index (χ1n) is 6.88. The molecular weight excluding hydrogens is 424 g/mol. The first-order chi connectivity index (χ1) is 11.1. The van der Waals surface area contributed by atoms with Crippen LogP contribution in [0.2, 0.25) is 0 Å². The molecule has 0 fully saturated rings. The second-order valence-corrected chi connectivity index (χ2v) is 6.67. The summed E-state index contributed by atoms with van der Waals surface area (Å²) < 4.78 is 6.99. The van der Waals surface area contributed by atoms with Crippen molar-refractivity contribution >= 4 is 48.6 Å². The van der Waals surface area contributed by atoms with Gasteiger partial charge >= 0.3 is 5.97 Å². The Kier molecular flexibility index (Phi) is 4.80. The molecule has 0 saturated carbocycles. The van der Waals surface area contributed by atoms with Gasteiger partial charge in [0, 0.05) is 14.5 Å². The van der Waals surface area contributed by atoms with Crippen LogP contribution in [0.25, 0.3) is 10.8 Å². The molecule has 1 atom stereocenters. The van der Waals surface area contributed by atoms with Crippen LogP contribution in [0.1, 0.15) is 22.2 Å². The summed E-state index contributed by atoms with van der Waals surface area (Å²) in [4.78, 5) is 12.0. The molecule has 0 spiro atoms. The van der Waals surface area contributed by atoms with E-state index >= 15 is 0 Å². The van der Waals surface area contributed by atoms with E-state index in [9.17, 15) is 9.90 Å². The Hall–Kier alpha value is -1.69. The number of fused-ring (bicyclic) bond motifs is 1. The summed E-state index contributed by atoms with van der Waals surface area (Å²) in [7, 11) is 0. The van der Waals surface area contributed by atoms with Gasteiger partial charge in [-0.25, -0.2) is 4.79 Å². The topological polar surface area (TPSA) is 46.5 Å². The number of esters is 1. The van der Waals surface area contributed by atoms with Gasteiger partial charge in [0.1, 0.15) is 0 Å². The van der Waals surface area contributed by atoms with E-state index in [0.29, 0.717) is 11.1 Å². The van der Waals surface area contributed by atoms with Gasteiger partial charge in [-0.15, -0.1) is 0 Å². The van der Waals surface area contributed by atoms with Crippen molar-refractivity contribution in [2.45, 2.75) is 6.29 Å². The molecule has 0 heterocycles. The largest absolute Gasteiger partial charge is 0.428 e. The third-order valence-electron chi connectivity index (χ3n) is 3.45. The Bertz CT molecular complexity index is 863. The summed E-state index contributed by atoms with van der Waals surface area (Å²) in [5.74, 6) is -0.563. The summed E-state index contributed by atoms with van der Waals surface area (Å²) in [5.41, 5.74) is 0.914. The highest BCUT2D eigenvalue weighted by molar-refractivity contribution is 9.11. The summed E-state index contributed by atoms with van der Waals surface area (Å²) in [6.45, 7) is 0. The maximum absolute atomic E-state index is 12.0. The summed E-state index contributed by atoms with van der Waals surface area (Å²) >= 11 is 6.99. The van der Waals surface area contributed by atoms with E-state index in [0.717, 1.165) is 19.7 Å². The summed E-state index contributed by atoms with van der Waals surface area (Å²) in [6, 6.07) is 17.9. The van der Waals surface area contributed by atoms with Crippen molar-refractivity contribution in [1.29, 1.82) is 0 Å². The fourth-order valence-corrected chi connectivity index (χ4v) is 3.20. The monoisotopic (exact) mass is 434 g/mol. The Labute approximate surface area is 150 Å². The van der Waals surface area contributed by atoms with Gasteiger partial charge in [0.15, 0.2) is 0 Å². The number of hydrogen-bond acceptors (Lipinski definition) is 3. The molecule has 3 nitrogen and oxygen atoms in total. The molecular formula is C18H12Br2O3. The van der Waals surface area contributed by atoms with E-state index in [2.05, 4.69) is 31.9 Å². The van der Waals surface area contributed by atoms with E-state index in [-0.39, 0.29) is 0 Å². The van der Waals surface area contributed by atoms with E-state index in [1.807, 2.05) is 24.3 Å². The Balaban J connectivity index is 1.88. The lowest BCUT2D eigenvalue weighted by Gasteiger charge is -2.14. The average Bonchev–Trinajstić information content (AvgIpc) is 2.58. The number of aliphatic hydroxyl groups excluding tert-OH is 1. The minimum atomic E-state index is -1.32. The fourth-order valence-electron chi connectivity index (χ4n) is 2.26. The van der Waals surface area contributed by atoms with Crippen LogP contribution in [-0.4, -0.2) is 11.1 Å². The molecule has 116 valence electrons. The smallest absolute Gasteiger partial charge is 0.340 e. The number of carbonyl (C=O) groups is 1. The number of carbonyl (C=O) groups excluding carboxylic acids is 1. The van der Waals surface area contributed by atoms with Gasteiger partial charge in [0.25, 0.3) is 0 Å². The van der Waals surface area contributed by atoms with Crippen molar-refractivity contribution in [2.24, 2.45) is 0 Å². The first-order valence-corrected chi connectivity index (χ1v) is 8.46. The van der Waals surface area contributed by atoms with Gasteiger partial charge in [-0.3, -0.25) is 0 Å². The molecule has 0 aliphatic carbocycles. The highest BCUT2D eigenvalue weighted by Crippen LogP contribution is 2.32. The van der Waals surface area contributed by atoms with Gasteiger partial charge in [-0.05, 0) is 41.1 Å².